The van der Waals surface area contributed by atoms with E-state index in [4.69, 9.17) is 5.73 Å². The van der Waals surface area contributed by atoms with E-state index in [1.807, 2.05) is 91.0 Å². The Hall–Kier alpha value is -3.15. The summed E-state index contributed by atoms with van der Waals surface area (Å²) in [6.07, 6.45) is 0. The van der Waals surface area contributed by atoms with Gasteiger partial charge in [-0.15, -0.1) is 0 Å². The fourth-order valence-corrected chi connectivity index (χ4v) is 6.14. The van der Waals surface area contributed by atoms with E-state index in [9.17, 15) is 8.42 Å². The van der Waals surface area contributed by atoms with Gasteiger partial charge < -0.3 is 5.73 Å². The molecule has 214 valence electrons. The van der Waals surface area contributed by atoms with Crippen LogP contribution < -0.4 is 10.5 Å². The summed E-state index contributed by atoms with van der Waals surface area (Å²) in [5.41, 5.74) is 15.3. The Morgan fingerprint density at radius 3 is 1.63 bits per heavy atom. The third kappa shape index (κ3) is 7.78. The summed E-state index contributed by atoms with van der Waals surface area (Å²) in [4.78, 5) is 0.220. The van der Waals surface area contributed by atoms with Gasteiger partial charge in [0.2, 0.25) is 10.0 Å². The molecule has 41 heavy (non-hydrogen) atoms. The zero-order chi connectivity index (χ0) is 28.9. The van der Waals surface area contributed by atoms with Crippen LogP contribution in [0.1, 0.15) is 51.0 Å². The van der Waals surface area contributed by atoms with E-state index in [2.05, 4.69) is 45.4 Å². The fraction of sp³-hybridized carbons (Fsp3) is 0.200. The van der Waals surface area contributed by atoms with Crippen molar-refractivity contribution in [3.05, 3.63) is 148 Å². The molecule has 0 aliphatic heterocycles. The topological polar surface area (TPSA) is 72.2 Å². The van der Waals surface area contributed by atoms with Crippen LogP contribution in [0.3, 0.4) is 0 Å². The van der Waals surface area contributed by atoms with Crippen LogP contribution in [-0.2, 0) is 29.5 Å². The van der Waals surface area contributed by atoms with Gasteiger partial charge >= 0.3 is 0 Å². The zero-order valence-corrected chi connectivity index (χ0v) is 26.8. The molecule has 0 radical (unpaired) electrons. The average Bonchev–Trinajstić information content (AvgIpc) is 2.98. The van der Waals surface area contributed by atoms with E-state index >= 15 is 0 Å². The van der Waals surface area contributed by atoms with Crippen LogP contribution in [0.15, 0.2) is 114 Å². The normalized spacial score (nSPS) is 12.5. The van der Waals surface area contributed by atoms with Crippen molar-refractivity contribution in [2.75, 3.05) is 0 Å². The van der Waals surface area contributed by atoms with Gasteiger partial charge in [0.25, 0.3) is 0 Å². The van der Waals surface area contributed by atoms with Crippen LogP contribution in [0.4, 0.5) is 0 Å². The van der Waals surface area contributed by atoms with E-state index in [0.29, 0.717) is 0 Å². The zero-order valence-electron chi connectivity index (χ0n) is 24.2. The molecule has 0 aliphatic carbocycles. The number of nitrogens with two attached hydrogens (primary N) is 1. The molecule has 0 fully saturated rings. The molecule has 0 unspecified atom stereocenters. The molecule has 0 aromatic heterocycles. The molecule has 0 saturated carbocycles. The first-order valence-electron chi connectivity index (χ1n) is 13.5. The molecule has 6 heteroatoms. The Morgan fingerprint density at radius 1 is 0.585 bits per heavy atom. The maximum Gasteiger partial charge on any atom is 0.241 e. The minimum atomic E-state index is -3.78. The van der Waals surface area contributed by atoms with Crippen molar-refractivity contribution in [3.63, 3.8) is 0 Å². The van der Waals surface area contributed by atoms with Crippen molar-refractivity contribution >= 4 is 20.8 Å². The van der Waals surface area contributed by atoms with Crippen LogP contribution in [0.25, 0.3) is 10.8 Å². The van der Waals surface area contributed by atoms with Gasteiger partial charge in [0.1, 0.15) is 0 Å². The van der Waals surface area contributed by atoms with Gasteiger partial charge in [-0.2, -0.15) is 0 Å². The molecule has 0 saturated heterocycles. The van der Waals surface area contributed by atoms with Gasteiger partial charge in [-0.05, 0) is 96.5 Å². The molecule has 0 spiro atoms. The number of aryl methyl sites for hydroxylation is 2. The first-order valence-corrected chi connectivity index (χ1v) is 15.0. The number of nitrogens with one attached hydrogen (secondary N) is 1. The van der Waals surface area contributed by atoms with Crippen molar-refractivity contribution in [1.82, 2.24) is 4.72 Å². The second-order valence-electron chi connectivity index (χ2n) is 10.3. The fourth-order valence-electron chi connectivity index (χ4n) is 4.86. The standard InChI is InChI=1S/C24H22N2O2S.C11H16.Ru/c25-23(19-10-3-1-4-11-19)24(20-12-5-2-6-13-20)26-29(27,28)22-16-15-18-9-7-8-14-21(18)17-22;1-7-6-8(2)10(4)11(5)9(7)3;/h1-17,23-24,26H,25H2;6H,1-5H3;/t23-,24-;;/m1../s1. The van der Waals surface area contributed by atoms with Gasteiger partial charge in [0.15, 0.2) is 0 Å². The molecule has 5 aromatic carbocycles. The molecule has 4 nitrogen and oxygen atoms in total. The number of fused-ring (bicyclic) bond motifs is 1. The van der Waals surface area contributed by atoms with Crippen LogP contribution in [0.2, 0.25) is 0 Å². The average molecular weight is 652 g/mol. The van der Waals surface area contributed by atoms with Crippen molar-refractivity contribution in [1.29, 1.82) is 0 Å². The van der Waals surface area contributed by atoms with Crippen molar-refractivity contribution in [2.45, 2.75) is 51.6 Å². The van der Waals surface area contributed by atoms with Gasteiger partial charge in [-0.25, -0.2) is 13.1 Å². The van der Waals surface area contributed by atoms with Gasteiger partial charge in [0, 0.05) is 19.5 Å². The summed E-state index contributed by atoms with van der Waals surface area (Å²) >= 11 is 0. The summed E-state index contributed by atoms with van der Waals surface area (Å²) in [7, 11) is -3.78. The number of hydrogen-bond donors (Lipinski definition) is 2. The predicted molar refractivity (Wildman–Crippen MR) is 167 cm³/mol. The molecule has 5 rings (SSSR count). The Bertz CT molecular complexity index is 1680. The van der Waals surface area contributed by atoms with Crippen molar-refractivity contribution < 1.29 is 27.9 Å². The van der Waals surface area contributed by atoms with E-state index in [1.54, 1.807) is 12.1 Å². The Balaban J connectivity index is 0.000000326. The monoisotopic (exact) mass is 652 g/mol. The smallest absolute Gasteiger partial charge is 0.241 e. The van der Waals surface area contributed by atoms with E-state index in [0.717, 1.165) is 21.9 Å². The second kappa shape index (κ2) is 14.2. The summed E-state index contributed by atoms with van der Waals surface area (Å²) in [6, 6.07) is 32.9. The van der Waals surface area contributed by atoms with Crippen LogP contribution in [-0.4, -0.2) is 8.42 Å². The number of sulfonamides is 1. The minimum absolute atomic E-state index is 0. The first-order chi connectivity index (χ1) is 19.1. The molecule has 0 aliphatic rings. The van der Waals surface area contributed by atoms with Gasteiger partial charge in [-0.1, -0.05) is 97.1 Å². The number of benzene rings is 5. The Labute approximate surface area is 257 Å². The largest absolute Gasteiger partial charge is 0.322 e. The molecule has 5 aromatic rings. The summed E-state index contributed by atoms with van der Waals surface area (Å²) in [6.45, 7) is 10.9. The Morgan fingerprint density at radius 2 is 1.07 bits per heavy atom. The van der Waals surface area contributed by atoms with Crippen LogP contribution >= 0.6 is 0 Å². The van der Waals surface area contributed by atoms with Crippen LogP contribution in [0.5, 0.6) is 0 Å². The second-order valence-corrected chi connectivity index (χ2v) is 12.1. The molecule has 2 atom stereocenters. The first kappa shape index (κ1) is 32.4. The molecule has 0 heterocycles. The van der Waals surface area contributed by atoms with Crippen LogP contribution in [0, 0.1) is 34.6 Å². The number of rotatable bonds is 6. The van der Waals surface area contributed by atoms with Gasteiger partial charge in [-0.3, -0.25) is 0 Å². The molecular weight excluding hydrogens is 614 g/mol. The maximum absolute atomic E-state index is 13.2. The molecule has 0 bridgehead atoms. The molecule has 0 amide bonds. The van der Waals surface area contributed by atoms with Gasteiger partial charge in [0.05, 0.1) is 17.0 Å². The predicted octanol–water partition coefficient (Wildman–Crippen LogP) is 7.79. The summed E-state index contributed by atoms with van der Waals surface area (Å²) < 4.78 is 29.3. The number of hydrogen-bond acceptors (Lipinski definition) is 3. The third-order valence-electron chi connectivity index (χ3n) is 7.76. The van der Waals surface area contributed by atoms with Crippen molar-refractivity contribution in [2.24, 2.45) is 5.73 Å². The van der Waals surface area contributed by atoms with E-state index in [1.165, 1.54) is 27.8 Å². The SMILES string of the molecule is Cc1cc(C)c(C)c(C)c1C.N[C@H](c1ccccc1)[C@H](NS(=O)(=O)c1ccc2ccccc2c1)c1ccccc1.[Ru]. The van der Waals surface area contributed by atoms with Crippen molar-refractivity contribution in [3.8, 4) is 0 Å². The van der Waals surface area contributed by atoms with E-state index in [-0.39, 0.29) is 24.4 Å². The molecule has 3 N–H and O–H groups in total. The minimum Gasteiger partial charge on any atom is -0.322 e. The quantitative estimate of drug-likeness (QED) is 0.184. The summed E-state index contributed by atoms with van der Waals surface area (Å²) in [5.74, 6) is 0. The molecular formula is C35H38N2O2RuS. The third-order valence-corrected chi connectivity index (χ3v) is 9.20. The summed E-state index contributed by atoms with van der Waals surface area (Å²) in [5, 5.41) is 1.87. The van der Waals surface area contributed by atoms with E-state index < -0.39 is 22.1 Å². The maximum atomic E-state index is 13.2. The Kier molecular flexibility index (Phi) is 11.2.